The zero-order chi connectivity index (χ0) is 12.7. The smallest absolute Gasteiger partial charge is 0.228 e. The first-order valence-electron chi connectivity index (χ1n) is 6.91. The molecule has 0 radical (unpaired) electrons. The Morgan fingerprint density at radius 2 is 2.11 bits per heavy atom. The highest BCUT2D eigenvalue weighted by atomic mass is 16.3. The minimum absolute atomic E-state index is 0.0254. The normalized spacial score (nSPS) is 32.4. The maximum atomic E-state index is 12.4. The van der Waals surface area contributed by atoms with Gasteiger partial charge in [0.05, 0.1) is 18.6 Å². The number of amides is 2. The third kappa shape index (κ3) is 2.00. The maximum Gasteiger partial charge on any atom is 0.228 e. The molecule has 3 fully saturated rings. The van der Waals surface area contributed by atoms with E-state index in [1.54, 1.807) is 4.90 Å². The van der Waals surface area contributed by atoms with Crippen LogP contribution in [0.4, 0.5) is 0 Å². The molecule has 0 aromatic carbocycles. The molecule has 18 heavy (non-hydrogen) atoms. The fraction of sp³-hybridized carbons (Fsp3) is 0.846. The third-order valence-electron chi connectivity index (χ3n) is 4.37. The summed E-state index contributed by atoms with van der Waals surface area (Å²) in [6.07, 6.45) is 4.40. The number of carbonyl (C=O) groups is 2. The molecule has 3 rings (SSSR count). The minimum Gasteiger partial charge on any atom is -0.394 e. The SMILES string of the molecule is O=C1CC(C(=O)N2CCCC2CO)CN1C1CC1. The first kappa shape index (κ1) is 12.0. The highest BCUT2D eigenvalue weighted by Gasteiger charge is 2.44. The van der Waals surface area contributed by atoms with Crippen molar-refractivity contribution in [3.8, 4) is 0 Å². The van der Waals surface area contributed by atoms with E-state index in [9.17, 15) is 14.7 Å². The van der Waals surface area contributed by atoms with E-state index >= 15 is 0 Å². The van der Waals surface area contributed by atoms with E-state index in [1.807, 2.05) is 4.90 Å². The van der Waals surface area contributed by atoms with Crippen molar-refractivity contribution in [2.24, 2.45) is 5.92 Å². The molecule has 0 spiro atoms. The Hall–Kier alpha value is -1.10. The average Bonchev–Trinajstić information content (AvgIpc) is 2.97. The molecule has 0 aromatic heterocycles. The number of hydrogen-bond acceptors (Lipinski definition) is 3. The minimum atomic E-state index is -0.176. The Balaban J connectivity index is 1.64. The lowest BCUT2D eigenvalue weighted by atomic mass is 10.1. The highest BCUT2D eigenvalue weighted by molar-refractivity contribution is 5.89. The second-order valence-corrected chi connectivity index (χ2v) is 5.69. The topological polar surface area (TPSA) is 60.9 Å². The van der Waals surface area contributed by atoms with Gasteiger partial charge in [-0.3, -0.25) is 9.59 Å². The average molecular weight is 252 g/mol. The van der Waals surface area contributed by atoms with Crippen LogP contribution in [0.3, 0.4) is 0 Å². The number of aliphatic hydroxyl groups is 1. The van der Waals surface area contributed by atoms with E-state index in [1.165, 1.54) is 0 Å². The first-order chi connectivity index (χ1) is 8.70. The van der Waals surface area contributed by atoms with Crippen molar-refractivity contribution < 1.29 is 14.7 Å². The van der Waals surface area contributed by atoms with Crippen LogP contribution in [0, 0.1) is 5.92 Å². The van der Waals surface area contributed by atoms with Gasteiger partial charge >= 0.3 is 0 Å². The van der Waals surface area contributed by atoms with Crippen molar-refractivity contribution in [3.05, 3.63) is 0 Å². The molecule has 2 heterocycles. The van der Waals surface area contributed by atoms with Gasteiger partial charge in [0.15, 0.2) is 0 Å². The van der Waals surface area contributed by atoms with Crippen LogP contribution >= 0.6 is 0 Å². The Kier molecular flexibility index (Phi) is 3.01. The summed E-state index contributed by atoms with van der Waals surface area (Å²) in [5.74, 6) is 0.0314. The molecule has 5 heteroatoms. The third-order valence-corrected chi connectivity index (χ3v) is 4.37. The molecule has 2 amide bonds. The Labute approximate surface area is 107 Å². The molecule has 2 unspecified atom stereocenters. The number of aliphatic hydroxyl groups excluding tert-OH is 1. The lowest BCUT2D eigenvalue weighted by Gasteiger charge is -2.26. The molecular weight excluding hydrogens is 232 g/mol. The maximum absolute atomic E-state index is 12.4. The molecule has 1 saturated carbocycles. The second kappa shape index (κ2) is 4.53. The highest BCUT2D eigenvalue weighted by Crippen LogP contribution is 2.34. The number of rotatable bonds is 3. The van der Waals surface area contributed by atoms with Gasteiger partial charge in [0.25, 0.3) is 0 Å². The Bertz CT molecular complexity index is 367. The van der Waals surface area contributed by atoms with Crippen molar-refractivity contribution in [2.75, 3.05) is 19.7 Å². The molecule has 100 valence electrons. The monoisotopic (exact) mass is 252 g/mol. The molecule has 2 atom stereocenters. The van der Waals surface area contributed by atoms with Gasteiger partial charge in [-0.2, -0.15) is 0 Å². The lowest BCUT2D eigenvalue weighted by molar-refractivity contribution is -0.137. The lowest BCUT2D eigenvalue weighted by Crippen LogP contribution is -2.42. The van der Waals surface area contributed by atoms with Crippen LogP contribution in [-0.2, 0) is 9.59 Å². The summed E-state index contributed by atoms with van der Waals surface area (Å²) in [6, 6.07) is 0.380. The first-order valence-corrected chi connectivity index (χ1v) is 6.91. The van der Waals surface area contributed by atoms with Gasteiger partial charge in [0.2, 0.25) is 11.8 Å². The van der Waals surface area contributed by atoms with Crippen LogP contribution in [0.2, 0.25) is 0 Å². The molecule has 0 bridgehead atoms. The number of nitrogens with zero attached hydrogens (tertiary/aromatic N) is 2. The number of hydrogen-bond donors (Lipinski definition) is 1. The van der Waals surface area contributed by atoms with Gasteiger partial charge in [-0.15, -0.1) is 0 Å². The van der Waals surface area contributed by atoms with Crippen molar-refractivity contribution in [2.45, 2.75) is 44.2 Å². The summed E-state index contributed by atoms with van der Waals surface area (Å²) in [4.78, 5) is 27.9. The Morgan fingerprint density at radius 3 is 2.78 bits per heavy atom. The molecule has 2 aliphatic heterocycles. The van der Waals surface area contributed by atoms with E-state index in [4.69, 9.17) is 0 Å². The van der Waals surface area contributed by atoms with Crippen molar-refractivity contribution >= 4 is 11.8 Å². The predicted molar refractivity (Wildman–Crippen MR) is 64.7 cm³/mol. The van der Waals surface area contributed by atoms with E-state index in [2.05, 4.69) is 0 Å². The van der Waals surface area contributed by atoms with Crippen LogP contribution in [0.25, 0.3) is 0 Å². The summed E-state index contributed by atoms with van der Waals surface area (Å²) in [6.45, 7) is 1.37. The zero-order valence-corrected chi connectivity index (χ0v) is 10.5. The van der Waals surface area contributed by atoms with Gasteiger partial charge in [0.1, 0.15) is 0 Å². The summed E-state index contributed by atoms with van der Waals surface area (Å²) in [7, 11) is 0. The molecule has 1 N–H and O–H groups in total. The fourth-order valence-electron chi connectivity index (χ4n) is 3.19. The van der Waals surface area contributed by atoms with Crippen LogP contribution in [0.5, 0.6) is 0 Å². The zero-order valence-electron chi connectivity index (χ0n) is 10.5. The van der Waals surface area contributed by atoms with E-state index in [0.29, 0.717) is 19.0 Å². The van der Waals surface area contributed by atoms with Crippen LogP contribution in [-0.4, -0.2) is 58.5 Å². The summed E-state index contributed by atoms with van der Waals surface area (Å²) in [5.41, 5.74) is 0. The quantitative estimate of drug-likeness (QED) is 0.768. The van der Waals surface area contributed by atoms with E-state index < -0.39 is 0 Å². The second-order valence-electron chi connectivity index (χ2n) is 5.69. The fourth-order valence-corrected chi connectivity index (χ4v) is 3.19. The van der Waals surface area contributed by atoms with Gasteiger partial charge in [0, 0.05) is 25.6 Å². The summed E-state index contributed by atoms with van der Waals surface area (Å²) < 4.78 is 0. The predicted octanol–water partition coefficient (Wildman–Crippen LogP) is -0.0194. The summed E-state index contributed by atoms with van der Waals surface area (Å²) >= 11 is 0. The van der Waals surface area contributed by atoms with Crippen molar-refractivity contribution in [1.29, 1.82) is 0 Å². The number of carbonyl (C=O) groups excluding carboxylic acids is 2. The molecule has 2 saturated heterocycles. The molecule has 0 aromatic rings. The van der Waals surface area contributed by atoms with Crippen LogP contribution in [0.15, 0.2) is 0 Å². The molecule has 3 aliphatic rings. The van der Waals surface area contributed by atoms with Gasteiger partial charge in [-0.05, 0) is 25.7 Å². The van der Waals surface area contributed by atoms with Crippen LogP contribution in [0.1, 0.15) is 32.1 Å². The van der Waals surface area contributed by atoms with Gasteiger partial charge < -0.3 is 14.9 Å². The van der Waals surface area contributed by atoms with Gasteiger partial charge in [-0.1, -0.05) is 0 Å². The van der Waals surface area contributed by atoms with E-state index in [0.717, 1.165) is 32.2 Å². The molecular formula is C13H20N2O3. The number of likely N-dealkylation sites (tertiary alicyclic amines) is 2. The largest absolute Gasteiger partial charge is 0.394 e. The van der Waals surface area contributed by atoms with Gasteiger partial charge in [-0.25, -0.2) is 0 Å². The molecule has 1 aliphatic carbocycles. The summed E-state index contributed by atoms with van der Waals surface area (Å²) in [5, 5.41) is 9.26. The van der Waals surface area contributed by atoms with Crippen LogP contribution < -0.4 is 0 Å². The van der Waals surface area contributed by atoms with E-state index in [-0.39, 0.29) is 30.4 Å². The Morgan fingerprint density at radius 1 is 1.33 bits per heavy atom. The standard InChI is InChI=1S/C13H20N2O3/c16-8-11-2-1-5-14(11)13(18)9-6-12(17)15(7-9)10-3-4-10/h9-11,16H,1-8H2. The van der Waals surface area contributed by atoms with Crippen molar-refractivity contribution in [3.63, 3.8) is 0 Å². The van der Waals surface area contributed by atoms with Crippen molar-refractivity contribution in [1.82, 2.24) is 9.80 Å². The molecule has 5 nitrogen and oxygen atoms in total.